The molecule has 0 amide bonds. The number of nitrogens with zero attached hydrogens (tertiary/aromatic N) is 1. The van der Waals surface area contributed by atoms with E-state index in [2.05, 4.69) is 32.7 Å². The van der Waals surface area contributed by atoms with Crippen molar-refractivity contribution in [2.75, 3.05) is 13.6 Å². The van der Waals surface area contributed by atoms with Crippen molar-refractivity contribution in [3.05, 3.63) is 0 Å². The number of likely N-dealkylation sites (tertiary alicyclic amines) is 1. The third kappa shape index (κ3) is 3.14. The molecular formula is C11H25N. The average molecular weight is 171 g/mol. The van der Waals surface area contributed by atoms with Crippen LogP contribution in [0, 0.1) is 11.8 Å². The number of hydrogen-bond donors (Lipinski definition) is 0. The summed E-state index contributed by atoms with van der Waals surface area (Å²) in [4.78, 5) is 2.50. The fourth-order valence-corrected chi connectivity index (χ4v) is 2.07. The zero-order chi connectivity index (χ0) is 9.72. The lowest BCUT2D eigenvalue weighted by atomic mass is 9.99. The van der Waals surface area contributed by atoms with Gasteiger partial charge in [0, 0.05) is 12.6 Å². The SMILES string of the molecule is CC.CC(C)C1C[C@H](C)CN1C. The van der Waals surface area contributed by atoms with Crippen molar-refractivity contribution in [2.45, 2.75) is 47.1 Å². The third-order valence-electron chi connectivity index (χ3n) is 2.58. The van der Waals surface area contributed by atoms with Gasteiger partial charge in [-0.3, -0.25) is 0 Å². The average Bonchev–Trinajstić information content (AvgIpc) is 2.34. The molecule has 1 heterocycles. The summed E-state index contributed by atoms with van der Waals surface area (Å²) in [6.45, 7) is 12.3. The second-order valence-corrected chi connectivity index (χ2v) is 4.09. The van der Waals surface area contributed by atoms with Crippen molar-refractivity contribution in [1.29, 1.82) is 0 Å². The van der Waals surface area contributed by atoms with Gasteiger partial charge in [-0.2, -0.15) is 0 Å². The molecule has 2 atom stereocenters. The van der Waals surface area contributed by atoms with E-state index in [1.54, 1.807) is 0 Å². The fraction of sp³-hybridized carbons (Fsp3) is 1.00. The summed E-state index contributed by atoms with van der Waals surface area (Å²) in [6, 6.07) is 0.843. The van der Waals surface area contributed by atoms with Crippen molar-refractivity contribution in [3.63, 3.8) is 0 Å². The van der Waals surface area contributed by atoms with Gasteiger partial charge in [0.15, 0.2) is 0 Å². The number of hydrogen-bond acceptors (Lipinski definition) is 1. The van der Waals surface area contributed by atoms with Gasteiger partial charge in [-0.15, -0.1) is 0 Å². The van der Waals surface area contributed by atoms with Crippen LogP contribution in [-0.4, -0.2) is 24.5 Å². The van der Waals surface area contributed by atoms with Crippen molar-refractivity contribution < 1.29 is 0 Å². The van der Waals surface area contributed by atoms with Crippen LogP contribution in [0.5, 0.6) is 0 Å². The molecule has 0 N–H and O–H groups in total. The van der Waals surface area contributed by atoms with Crippen molar-refractivity contribution in [3.8, 4) is 0 Å². The second kappa shape index (κ2) is 5.58. The van der Waals surface area contributed by atoms with E-state index in [9.17, 15) is 0 Å². The monoisotopic (exact) mass is 171 g/mol. The summed E-state index contributed by atoms with van der Waals surface area (Å²) in [5, 5.41) is 0. The summed E-state index contributed by atoms with van der Waals surface area (Å²) >= 11 is 0. The van der Waals surface area contributed by atoms with Gasteiger partial charge in [0.25, 0.3) is 0 Å². The van der Waals surface area contributed by atoms with Crippen LogP contribution >= 0.6 is 0 Å². The van der Waals surface area contributed by atoms with Gasteiger partial charge < -0.3 is 4.90 Å². The quantitative estimate of drug-likeness (QED) is 0.586. The number of rotatable bonds is 1. The molecule has 1 saturated heterocycles. The van der Waals surface area contributed by atoms with Crippen LogP contribution in [0.3, 0.4) is 0 Å². The highest BCUT2D eigenvalue weighted by Crippen LogP contribution is 2.25. The Hall–Kier alpha value is -0.0400. The lowest BCUT2D eigenvalue weighted by Gasteiger charge is -2.22. The van der Waals surface area contributed by atoms with Crippen LogP contribution in [0.1, 0.15) is 41.0 Å². The van der Waals surface area contributed by atoms with Gasteiger partial charge in [-0.25, -0.2) is 0 Å². The molecule has 1 nitrogen and oxygen atoms in total. The predicted molar refractivity (Wildman–Crippen MR) is 56.4 cm³/mol. The van der Waals surface area contributed by atoms with Crippen LogP contribution in [0.15, 0.2) is 0 Å². The zero-order valence-electron chi connectivity index (χ0n) is 9.59. The normalized spacial score (nSPS) is 30.2. The molecule has 12 heavy (non-hydrogen) atoms. The van der Waals surface area contributed by atoms with E-state index in [0.717, 1.165) is 17.9 Å². The van der Waals surface area contributed by atoms with E-state index in [4.69, 9.17) is 0 Å². The Balaban J connectivity index is 0.000000561. The Bertz CT molecular complexity index is 110. The summed E-state index contributed by atoms with van der Waals surface area (Å²) in [5.74, 6) is 1.74. The van der Waals surface area contributed by atoms with Crippen LogP contribution in [0.2, 0.25) is 0 Å². The molecular weight excluding hydrogens is 146 g/mol. The van der Waals surface area contributed by atoms with Gasteiger partial charge in [0.1, 0.15) is 0 Å². The summed E-state index contributed by atoms with van der Waals surface area (Å²) < 4.78 is 0. The maximum absolute atomic E-state index is 2.50. The van der Waals surface area contributed by atoms with E-state index >= 15 is 0 Å². The Kier molecular flexibility index (Phi) is 5.56. The lowest BCUT2D eigenvalue weighted by Crippen LogP contribution is -2.29. The molecule has 0 spiro atoms. The molecule has 0 saturated carbocycles. The molecule has 0 radical (unpaired) electrons. The highest BCUT2D eigenvalue weighted by atomic mass is 15.2. The maximum atomic E-state index is 2.50. The van der Waals surface area contributed by atoms with Gasteiger partial charge in [0.2, 0.25) is 0 Å². The maximum Gasteiger partial charge on any atom is 0.0118 e. The van der Waals surface area contributed by atoms with Crippen LogP contribution < -0.4 is 0 Å². The second-order valence-electron chi connectivity index (χ2n) is 4.09. The Morgan fingerprint density at radius 3 is 1.92 bits per heavy atom. The topological polar surface area (TPSA) is 3.24 Å². The fourth-order valence-electron chi connectivity index (χ4n) is 2.07. The van der Waals surface area contributed by atoms with Gasteiger partial charge in [0.05, 0.1) is 0 Å². The minimum Gasteiger partial charge on any atom is -0.303 e. The van der Waals surface area contributed by atoms with Crippen molar-refractivity contribution >= 4 is 0 Å². The molecule has 1 heteroatoms. The molecule has 1 rings (SSSR count). The predicted octanol–water partition coefficient (Wildman–Crippen LogP) is 3.01. The van der Waals surface area contributed by atoms with E-state index in [0.29, 0.717) is 0 Å². The van der Waals surface area contributed by atoms with Crippen molar-refractivity contribution in [2.24, 2.45) is 11.8 Å². The highest BCUT2D eigenvalue weighted by molar-refractivity contribution is 4.82. The summed E-state index contributed by atoms with van der Waals surface area (Å²) in [6.07, 6.45) is 1.40. The van der Waals surface area contributed by atoms with E-state index < -0.39 is 0 Å². The first-order valence-electron chi connectivity index (χ1n) is 5.31. The molecule has 1 fully saturated rings. The first-order chi connectivity index (χ1) is 5.61. The van der Waals surface area contributed by atoms with Crippen LogP contribution in [-0.2, 0) is 0 Å². The molecule has 0 aromatic carbocycles. The van der Waals surface area contributed by atoms with Gasteiger partial charge >= 0.3 is 0 Å². The van der Waals surface area contributed by atoms with E-state index in [-0.39, 0.29) is 0 Å². The molecule has 0 bridgehead atoms. The van der Waals surface area contributed by atoms with Crippen LogP contribution in [0.25, 0.3) is 0 Å². The molecule has 1 unspecified atom stereocenters. The molecule has 0 aromatic heterocycles. The standard InChI is InChI=1S/C9H19N.C2H6/c1-7(2)9-5-8(3)6-10(9)4;1-2/h7-9H,5-6H2,1-4H3;1-2H3/t8-,9?;/m0./s1. The summed E-state index contributed by atoms with van der Waals surface area (Å²) in [5.41, 5.74) is 0. The molecule has 0 aliphatic carbocycles. The Morgan fingerprint density at radius 1 is 1.25 bits per heavy atom. The van der Waals surface area contributed by atoms with E-state index in [1.165, 1.54) is 13.0 Å². The molecule has 0 aromatic rings. The van der Waals surface area contributed by atoms with Gasteiger partial charge in [-0.05, 0) is 25.3 Å². The van der Waals surface area contributed by atoms with Gasteiger partial charge in [-0.1, -0.05) is 34.6 Å². The Morgan fingerprint density at radius 2 is 1.75 bits per heavy atom. The first-order valence-corrected chi connectivity index (χ1v) is 5.31. The zero-order valence-corrected chi connectivity index (χ0v) is 9.59. The van der Waals surface area contributed by atoms with E-state index in [1.807, 2.05) is 13.8 Å². The minimum absolute atomic E-state index is 0.829. The molecule has 1 aliphatic heterocycles. The van der Waals surface area contributed by atoms with Crippen LogP contribution in [0.4, 0.5) is 0 Å². The third-order valence-corrected chi connectivity index (χ3v) is 2.58. The summed E-state index contributed by atoms with van der Waals surface area (Å²) in [7, 11) is 2.24. The molecule has 74 valence electrons. The highest BCUT2D eigenvalue weighted by Gasteiger charge is 2.28. The first kappa shape index (κ1) is 12.0. The lowest BCUT2D eigenvalue weighted by molar-refractivity contribution is 0.250. The molecule has 1 aliphatic rings. The largest absolute Gasteiger partial charge is 0.303 e. The smallest absolute Gasteiger partial charge is 0.0118 e. The minimum atomic E-state index is 0.829. The Labute approximate surface area is 78.1 Å². The van der Waals surface area contributed by atoms with Crippen molar-refractivity contribution in [1.82, 2.24) is 4.90 Å².